The lowest BCUT2D eigenvalue weighted by Crippen LogP contribution is -2.19. The molecule has 1 fully saturated rings. The number of nitrogens with one attached hydrogen (secondary N) is 1. The van der Waals surface area contributed by atoms with Gasteiger partial charge in [0.2, 0.25) is 0 Å². The number of ether oxygens (including phenoxy) is 1. The van der Waals surface area contributed by atoms with Crippen molar-refractivity contribution in [2.24, 2.45) is 0 Å². The molecule has 2 rings (SSSR count). The second-order valence-corrected chi connectivity index (χ2v) is 3.03. The third-order valence-electron chi connectivity index (χ3n) is 2.11. The van der Waals surface area contributed by atoms with E-state index in [0.717, 1.165) is 17.0 Å². The number of carbonyl (C=O) groups is 1. The van der Waals surface area contributed by atoms with Crippen molar-refractivity contribution in [1.82, 2.24) is 10.5 Å². The van der Waals surface area contributed by atoms with Gasteiger partial charge in [-0.05, 0) is 13.8 Å². The fraction of sp³-hybridized carbons (Fsp3) is 0.500. The summed E-state index contributed by atoms with van der Waals surface area (Å²) in [7, 11) is 0. The molecule has 1 amide bonds. The molecule has 1 unspecified atom stereocenters. The first-order chi connectivity index (χ1) is 6.18. The van der Waals surface area contributed by atoms with Crippen molar-refractivity contribution in [3.8, 4) is 0 Å². The van der Waals surface area contributed by atoms with Crippen LogP contribution in [0.5, 0.6) is 0 Å². The molecule has 1 aromatic rings. The van der Waals surface area contributed by atoms with Gasteiger partial charge in [0, 0.05) is 5.56 Å². The minimum Gasteiger partial charge on any atom is -0.447 e. The van der Waals surface area contributed by atoms with E-state index in [-0.39, 0.29) is 12.1 Å². The predicted octanol–water partition coefficient (Wildman–Crippen LogP) is 1.07. The largest absolute Gasteiger partial charge is 0.447 e. The predicted molar refractivity (Wildman–Crippen MR) is 43.2 cm³/mol. The van der Waals surface area contributed by atoms with Crippen LogP contribution in [0.4, 0.5) is 4.79 Å². The molecular formula is C8H10N2O3. The third-order valence-corrected chi connectivity index (χ3v) is 2.11. The molecule has 1 aliphatic heterocycles. The molecule has 13 heavy (non-hydrogen) atoms. The number of rotatable bonds is 1. The van der Waals surface area contributed by atoms with Crippen LogP contribution in [-0.2, 0) is 4.74 Å². The van der Waals surface area contributed by atoms with E-state index in [1.807, 2.05) is 13.8 Å². The van der Waals surface area contributed by atoms with Gasteiger partial charge in [0.15, 0.2) is 0 Å². The number of cyclic esters (lactones) is 1. The highest BCUT2D eigenvalue weighted by molar-refractivity contribution is 5.70. The molecule has 0 spiro atoms. The van der Waals surface area contributed by atoms with E-state index in [1.54, 1.807) is 0 Å². The Hall–Kier alpha value is -1.52. The monoisotopic (exact) mass is 182 g/mol. The zero-order valence-corrected chi connectivity index (χ0v) is 7.46. The van der Waals surface area contributed by atoms with Crippen LogP contribution in [0.1, 0.15) is 23.1 Å². The van der Waals surface area contributed by atoms with Gasteiger partial charge >= 0.3 is 6.09 Å². The molecule has 1 N–H and O–H groups in total. The zero-order chi connectivity index (χ0) is 9.42. The molecule has 0 radical (unpaired) electrons. The van der Waals surface area contributed by atoms with Gasteiger partial charge in [-0.2, -0.15) is 0 Å². The number of aromatic nitrogens is 1. The summed E-state index contributed by atoms with van der Waals surface area (Å²) >= 11 is 0. The van der Waals surface area contributed by atoms with Crippen LogP contribution in [-0.4, -0.2) is 17.9 Å². The van der Waals surface area contributed by atoms with Gasteiger partial charge in [0.05, 0.1) is 11.7 Å². The Morgan fingerprint density at radius 1 is 1.54 bits per heavy atom. The third kappa shape index (κ3) is 1.26. The molecule has 5 nitrogen and oxygen atoms in total. The molecule has 0 bridgehead atoms. The fourth-order valence-corrected chi connectivity index (χ4v) is 1.53. The van der Waals surface area contributed by atoms with Crippen LogP contribution < -0.4 is 5.32 Å². The molecule has 1 saturated heterocycles. The van der Waals surface area contributed by atoms with Gasteiger partial charge in [0.25, 0.3) is 0 Å². The van der Waals surface area contributed by atoms with Crippen molar-refractivity contribution in [3.05, 3.63) is 17.0 Å². The average molecular weight is 182 g/mol. The lowest BCUT2D eigenvalue weighted by molar-refractivity contribution is 0.177. The number of alkyl carbamates (subject to hydrolysis) is 1. The van der Waals surface area contributed by atoms with Gasteiger partial charge in [-0.1, -0.05) is 5.16 Å². The van der Waals surface area contributed by atoms with Crippen molar-refractivity contribution < 1.29 is 14.1 Å². The second kappa shape index (κ2) is 2.76. The van der Waals surface area contributed by atoms with Gasteiger partial charge < -0.3 is 14.6 Å². The van der Waals surface area contributed by atoms with Crippen LogP contribution >= 0.6 is 0 Å². The molecule has 0 aliphatic carbocycles. The maximum absolute atomic E-state index is 10.8. The van der Waals surface area contributed by atoms with E-state index in [0.29, 0.717) is 6.61 Å². The summed E-state index contributed by atoms with van der Waals surface area (Å²) in [4.78, 5) is 10.8. The van der Waals surface area contributed by atoms with Gasteiger partial charge in [-0.3, -0.25) is 0 Å². The molecule has 0 saturated carbocycles. The Balaban J connectivity index is 2.30. The van der Waals surface area contributed by atoms with E-state index in [4.69, 9.17) is 9.26 Å². The maximum Gasteiger partial charge on any atom is 0.407 e. The molecule has 70 valence electrons. The normalized spacial score (nSPS) is 21.4. The quantitative estimate of drug-likeness (QED) is 0.705. The Morgan fingerprint density at radius 2 is 2.31 bits per heavy atom. The molecule has 1 aliphatic rings. The summed E-state index contributed by atoms with van der Waals surface area (Å²) in [6, 6.07) is -0.112. The highest BCUT2D eigenvalue weighted by Gasteiger charge is 2.28. The van der Waals surface area contributed by atoms with E-state index in [1.165, 1.54) is 0 Å². The minimum absolute atomic E-state index is 0.112. The number of aryl methyl sites for hydroxylation is 2. The Morgan fingerprint density at radius 3 is 2.77 bits per heavy atom. The molecule has 1 aromatic heterocycles. The van der Waals surface area contributed by atoms with Crippen LogP contribution in [0.15, 0.2) is 4.52 Å². The van der Waals surface area contributed by atoms with E-state index >= 15 is 0 Å². The Labute approximate surface area is 75.0 Å². The van der Waals surface area contributed by atoms with E-state index in [9.17, 15) is 4.79 Å². The summed E-state index contributed by atoms with van der Waals surface area (Å²) in [6.45, 7) is 4.01. The average Bonchev–Trinajstić information content (AvgIpc) is 2.60. The molecule has 5 heteroatoms. The van der Waals surface area contributed by atoms with Crippen LogP contribution in [0.3, 0.4) is 0 Å². The summed E-state index contributed by atoms with van der Waals surface area (Å²) in [5, 5.41) is 6.48. The standard InChI is InChI=1S/C8H10N2O3/c1-4-7(5(2)13-10-4)6-3-12-8(11)9-6/h6H,3H2,1-2H3,(H,9,11). The lowest BCUT2D eigenvalue weighted by Gasteiger charge is -2.04. The highest BCUT2D eigenvalue weighted by atomic mass is 16.6. The minimum atomic E-state index is -0.384. The SMILES string of the molecule is Cc1noc(C)c1C1COC(=O)N1. The maximum atomic E-state index is 10.8. The van der Waals surface area contributed by atoms with Crippen molar-refractivity contribution >= 4 is 6.09 Å². The first-order valence-electron chi connectivity index (χ1n) is 4.04. The summed E-state index contributed by atoms with van der Waals surface area (Å²) in [5.41, 5.74) is 1.72. The van der Waals surface area contributed by atoms with Crippen LogP contribution in [0.25, 0.3) is 0 Å². The van der Waals surface area contributed by atoms with Crippen molar-refractivity contribution in [2.45, 2.75) is 19.9 Å². The Kier molecular flexibility index (Phi) is 1.72. The summed E-state index contributed by atoms with van der Waals surface area (Å²) in [5.74, 6) is 0.730. The summed E-state index contributed by atoms with van der Waals surface area (Å²) < 4.78 is 9.77. The highest BCUT2D eigenvalue weighted by Crippen LogP contribution is 2.24. The molecule has 0 aromatic carbocycles. The number of nitrogens with zero attached hydrogens (tertiary/aromatic N) is 1. The van der Waals surface area contributed by atoms with Crippen molar-refractivity contribution in [3.63, 3.8) is 0 Å². The zero-order valence-electron chi connectivity index (χ0n) is 7.46. The smallest absolute Gasteiger partial charge is 0.407 e. The van der Waals surface area contributed by atoms with Crippen LogP contribution in [0, 0.1) is 13.8 Å². The number of hydrogen-bond donors (Lipinski definition) is 1. The van der Waals surface area contributed by atoms with E-state index < -0.39 is 0 Å². The van der Waals surface area contributed by atoms with Crippen molar-refractivity contribution in [2.75, 3.05) is 6.61 Å². The second-order valence-electron chi connectivity index (χ2n) is 3.03. The van der Waals surface area contributed by atoms with E-state index in [2.05, 4.69) is 10.5 Å². The topological polar surface area (TPSA) is 64.4 Å². The number of amides is 1. The fourth-order valence-electron chi connectivity index (χ4n) is 1.53. The molecule has 1 atom stereocenters. The Bertz CT molecular complexity index is 326. The summed E-state index contributed by atoms with van der Waals surface area (Å²) in [6.07, 6.45) is -0.384. The number of carbonyl (C=O) groups excluding carboxylic acids is 1. The number of hydrogen-bond acceptors (Lipinski definition) is 4. The van der Waals surface area contributed by atoms with Crippen molar-refractivity contribution in [1.29, 1.82) is 0 Å². The lowest BCUT2D eigenvalue weighted by atomic mass is 10.1. The first-order valence-corrected chi connectivity index (χ1v) is 4.04. The molecular weight excluding hydrogens is 172 g/mol. The molecule has 2 heterocycles. The van der Waals surface area contributed by atoms with Gasteiger partial charge in [0.1, 0.15) is 12.4 Å². The van der Waals surface area contributed by atoms with Gasteiger partial charge in [-0.25, -0.2) is 4.79 Å². The first kappa shape index (κ1) is 8.10. The van der Waals surface area contributed by atoms with Crippen LogP contribution in [0.2, 0.25) is 0 Å². The van der Waals surface area contributed by atoms with Gasteiger partial charge in [-0.15, -0.1) is 0 Å².